The molecule has 0 aliphatic heterocycles. The van der Waals surface area contributed by atoms with Crippen LogP contribution in [0.25, 0.3) is 0 Å². The number of nitro groups is 1. The van der Waals surface area contributed by atoms with Crippen LogP contribution in [0.3, 0.4) is 0 Å². The first-order valence-corrected chi connectivity index (χ1v) is 6.57. The largest absolute Gasteiger partial charge is 0.483 e. The van der Waals surface area contributed by atoms with Gasteiger partial charge in [-0.15, -0.1) is 0 Å². The van der Waals surface area contributed by atoms with E-state index in [2.05, 4.69) is 29.8 Å². The molecule has 1 unspecified atom stereocenters. The van der Waals surface area contributed by atoms with E-state index in [1.165, 1.54) is 6.07 Å². The van der Waals surface area contributed by atoms with Gasteiger partial charge in [-0.1, -0.05) is 48.4 Å². The Morgan fingerprint density at radius 3 is 2.89 bits per heavy atom. The molecule has 0 heterocycles. The summed E-state index contributed by atoms with van der Waals surface area (Å²) in [5.74, 6) is 0.783. The first-order valence-electron chi connectivity index (χ1n) is 5.78. The van der Waals surface area contributed by atoms with Gasteiger partial charge >= 0.3 is 5.69 Å². The first-order chi connectivity index (χ1) is 8.54. The van der Waals surface area contributed by atoms with Crippen LogP contribution in [-0.4, -0.2) is 11.5 Å². The molecular weight excluding hydrogens is 298 g/mol. The molecule has 0 aliphatic carbocycles. The van der Waals surface area contributed by atoms with Gasteiger partial charge < -0.3 is 4.74 Å². The van der Waals surface area contributed by atoms with E-state index in [4.69, 9.17) is 4.74 Å². The lowest BCUT2D eigenvalue weighted by atomic mass is 10.1. The van der Waals surface area contributed by atoms with Crippen LogP contribution in [0.5, 0.6) is 5.75 Å². The summed E-state index contributed by atoms with van der Waals surface area (Å²) in [5.41, 5.74) is -0.0266. The van der Waals surface area contributed by atoms with Crippen LogP contribution in [-0.2, 0) is 0 Å². The Labute approximate surface area is 115 Å². The minimum Gasteiger partial charge on any atom is -0.483 e. The van der Waals surface area contributed by atoms with Crippen molar-refractivity contribution in [3.05, 3.63) is 44.9 Å². The summed E-state index contributed by atoms with van der Waals surface area (Å²) < 4.78 is 6.06. The van der Waals surface area contributed by atoms with Crippen molar-refractivity contribution in [3.8, 4) is 5.75 Å². The summed E-state index contributed by atoms with van der Waals surface area (Å²) >= 11 is 3.20. The molecule has 0 amide bonds. The van der Waals surface area contributed by atoms with Crippen molar-refractivity contribution in [1.82, 2.24) is 0 Å². The fraction of sp³-hybridized carbons (Fsp3) is 0.385. The van der Waals surface area contributed by atoms with Gasteiger partial charge in [-0.05, 0) is 18.1 Å². The summed E-state index contributed by atoms with van der Waals surface area (Å²) in [6.07, 6.45) is 5.00. The number of halogens is 1. The van der Waals surface area contributed by atoms with E-state index >= 15 is 0 Å². The van der Waals surface area contributed by atoms with Gasteiger partial charge in [0.15, 0.2) is 5.75 Å². The standard InChI is InChI=1S/C13H16BrNO3/c1-3-10(2)5-4-8-18-13-7-6-11(14)9-12(13)15(16)17/h4-7,9-10H,3,8H2,1-2H3/b5-4+. The molecule has 18 heavy (non-hydrogen) atoms. The molecule has 0 radical (unpaired) electrons. The Morgan fingerprint density at radius 2 is 2.28 bits per heavy atom. The second-order valence-electron chi connectivity index (χ2n) is 3.99. The molecule has 0 fully saturated rings. The van der Waals surface area contributed by atoms with Gasteiger partial charge in [0.05, 0.1) is 4.92 Å². The summed E-state index contributed by atoms with van der Waals surface area (Å²) in [6.45, 7) is 4.56. The van der Waals surface area contributed by atoms with Crippen molar-refractivity contribution in [2.45, 2.75) is 20.3 Å². The van der Waals surface area contributed by atoms with Gasteiger partial charge in [-0.3, -0.25) is 10.1 Å². The molecule has 98 valence electrons. The average Bonchev–Trinajstić information content (AvgIpc) is 2.35. The van der Waals surface area contributed by atoms with E-state index < -0.39 is 4.92 Å². The van der Waals surface area contributed by atoms with Crippen LogP contribution in [0.1, 0.15) is 20.3 Å². The van der Waals surface area contributed by atoms with E-state index in [1.54, 1.807) is 12.1 Å². The van der Waals surface area contributed by atoms with Crippen LogP contribution in [0.15, 0.2) is 34.8 Å². The van der Waals surface area contributed by atoms with Gasteiger partial charge in [0.2, 0.25) is 0 Å². The number of ether oxygens (including phenoxy) is 1. The lowest BCUT2D eigenvalue weighted by Crippen LogP contribution is -1.99. The summed E-state index contributed by atoms with van der Waals surface area (Å²) in [5, 5.41) is 10.8. The Bertz CT molecular complexity index is 446. The number of nitro benzene ring substituents is 1. The molecule has 0 saturated heterocycles. The molecule has 0 aromatic heterocycles. The topological polar surface area (TPSA) is 52.4 Å². The van der Waals surface area contributed by atoms with Crippen molar-refractivity contribution >= 4 is 21.6 Å². The normalized spacial score (nSPS) is 12.6. The highest BCUT2D eigenvalue weighted by Gasteiger charge is 2.14. The second kappa shape index (κ2) is 7.16. The second-order valence-corrected chi connectivity index (χ2v) is 4.91. The maximum atomic E-state index is 10.8. The van der Waals surface area contributed by atoms with Crippen molar-refractivity contribution in [3.63, 3.8) is 0 Å². The molecule has 0 spiro atoms. The minimum atomic E-state index is -0.446. The van der Waals surface area contributed by atoms with E-state index in [9.17, 15) is 10.1 Å². The maximum absolute atomic E-state index is 10.8. The van der Waals surface area contributed by atoms with Crippen LogP contribution in [0, 0.1) is 16.0 Å². The summed E-state index contributed by atoms with van der Waals surface area (Å²) in [7, 11) is 0. The zero-order chi connectivity index (χ0) is 13.5. The number of benzene rings is 1. The molecule has 1 aromatic rings. The van der Waals surface area contributed by atoms with Gasteiger partial charge in [0, 0.05) is 10.5 Å². The Kier molecular flexibility index (Phi) is 5.85. The highest BCUT2D eigenvalue weighted by atomic mass is 79.9. The third-order valence-electron chi connectivity index (χ3n) is 2.56. The van der Waals surface area contributed by atoms with Crippen LogP contribution in [0.2, 0.25) is 0 Å². The van der Waals surface area contributed by atoms with Gasteiger partial charge in [-0.25, -0.2) is 0 Å². The van der Waals surface area contributed by atoms with Crippen LogP contribution < -0.4 is 4.74 Å². The number of rotatable bonds is 6. The predicted octanol–water partition coefficient (Wildman–Crippen LogP) is 4.34. The smallest absolute Gasteiger partial charge is 0.312 e. The van der Waals surface area contributed by atoms with Crippen molar-refractivity contribution < 1.29 is 9.66 Å². The van der Waals surface area contributed by atoms with Crippen LogP contribution in [0.4, 0.5) is 5.69 Å². The fourth-order valence-electron chi connectivity index (χ4n) is 1.32. The maximum Gasteiger partial charge on any atom is 0.312 e. The van der Waals surface area contributed by atoms with Gasteiger partial charge in [0.25, 0.3) is 0 Å². The lowest BCUT2D eigenvalue weighted by molar-refractivity contribution is -0.385. The molecule has 1 aromatic carbocycles. The van der Waals surface area contributed by atoms with Crippen molar-refractivity contribution in [2.24, 2.45) is 5.92 Å². The Morgan fingerprint density at radius 1 is 1.56 bits per heavy atom. The highest BCUT2D eigenvalue weighted by molar-refractivity contribution is 9.10. The Balaban J connectivity index is 2.67. The highest BCUT2D eigenvalue weighted by Crippen LogP contribution is 2.29. The SMILES string of the molecule is CCC(C)/C=C/COc1ccc(Br)cc1[N+](=O)[O-]. The predicted molar refractivity (Wildman–Crippen MR) is 74.9 cm³/mol. The molecule has 5 heteroatoms. The van der Waals surface area contributed by atoms with Gasteiger partial charge in [-0.2, -0.15) is 0 Å². The van der Waals surface area contributed by atoms with E-state index in [-0.39, 0.29) is 11.4 Å². The zero-order valence-corrected chi connectivity index (χ0v) is 12.0. The van der Waals surface area contributed by atoms with Crippen molar-refractivity contribution in [1.29, 1.82) is 0 Å². The van der Waals surface area contributed by atoms with E-state index in [0.29, 0.717) is 17.0 Å². The van der Waals surface area contributed by atoms with Gasteiger partial charge in [0.1, 0.15) is 6.61 Å². The monoisotopic (exact) mass is 313 g/mol. The van der Waals surface area contributed by atoms with Crippen molar-refractivity contribution in [2.75, 3.05) is 6.61 Å². The fourth-order valence-corrected chi connectivity index (χ4v) is 1.67. The number of nitrogens with zero attached hydrogens (tertiary/aromatic N) is 1. The number of allylic oxidation sites excluding steroid dienone is 1. The van der Waals surface area contributed by atoms with Crippen LogP contribution >= 0.6 is 15.9 Å². The summed E-state index contributed by atoms with van der Waals surface area (Å²) in [4.78, 5) is 10.4. The third kappa shape index (κ3) is 4.49. The number of hydrogen-bond acceptors (Lipinski definition) is 3. The van der Waals surface area contributed by atoms with E-state index in [1.807, 2.05) is 12.2 Å². The molecule has 4 nitrogen and oxygen atoms in total. The molecule has 1 atom stereocenters. The molecule has 0 N–H and O–H groups in total. The molecule has 0 saturated carbocycles. The molecular formula is C13H16BrNO3. The lowest BCUT2D eigenvalue weighted by Gasteiger charge is -2.05. The summed E-state index contributed by atoms with van der Waals surface area (Å²) in [6, 6.07) is 4.76. The molecule has 1 rings (SSSR count). The molecule has 0 aliphatic rings. The molecule has 0 bridgehead atoms. The zero-order valence-electron chi connectivity index (χ0n) is 10.4. The number of hydrogen-bond donors (Lipinski definition) is 0. The first kappa shape index (κ1) is 14.7. The minimum absolute atomic E-state index is 0.0266. The Hall–Kier alpha value is -1.36. The van der Waals surface area contributed by atoms with E-state index in [0.717, 1.165) is 6.42 Å². The quantitative estimate of drug-likeness (QED) is 0.446. The average molecular weight is 314 g/mol. The third-order valence-corrected chi connectivity index (χ3v) is 3.05.